The Bertz CT molecular complexity index is 3880. The second-order valence-corrected chi connectivity index (χ2v) is 18.6. The van der Waals surface area contributed by atoms with Gasteiger partial charge < -0.3 is 0 Å². The third-order valence-electron chi connectivity index (χ3n) is 14.2. The van der Waals surface area contributed by atoms with Crippen LogP contribution in [0.25, 0.3) is 128 Å². The van der Waals surface area contributed by atoms with E-state index in [9.17, 15) is 0 Å². The Morgan fingerprint density at radius 2 is 0.704 bits per heavy atom. The van der Waals surface area contributed by atoms with Crippen LogP contribution >= 0.6 is 0 Å². The fraction of sp³-hybridized carbons (Fsp3) is 0.0290. The van der Waals surface area contributed by atoms with E-state index in [4.69, 9.17) is 4.98 Å². The van der Waals surface area contributed by atoms with Gasteiger partial charge in [0.1, 0.15) is 5.82 Å². The van der Waals surface area contributed by atoms with Crippen LogP contribution in [-0.4, -0.2) is 9.55 Å². The highest BCUT2D eigenvalue weighted by atomic mass is 15.1. The Morgan fingerprint density at radius 1 is 0.296 bits per heavy atom. The molecule has 12 aromatic rings. The molecule has 0 atom stereocenters. The number of nitrogens with zero attached hydrogens (tertiary/aromatic N) is 2. The van der Waals surface area contributed by atoms with Crippen molar-refractivity contribution in [2.75, 3.05) is 0 Å². The van der Waals surface area contributed by atoms with Crippen LogP contribution in [0.3, 0.4) is 0 Å². The molecule has 11 aromatic carbocycles. The monoisotopic (exact) mass is 904 g/mol. The van der Waals surface area contributed by atoms with Gasteiger partial charge in [0.25, 0.3) is 0 Å². The zero-order chi connectivity index (χ0) is 47.1. The summed E-state index contributed by atoms with van der Waals surface area (Å²) in [6.07, 6.45) is 8.91. The largest absolute Gasteiger partial charge is 0.293 e. The summed E-state index contributed by atoms with van der Waals surface area (Å²) in [6.45, 7) is 0. The van der Waals surface area contributed by atoms with Crippen LogP contribution in [-0.2, 0) is 0 Å². The number of allylic oxidation sites excluding steroid dienone is 4. The molecule has 0 unspecified atom stereocenters. The number of para-hydroxylation sites is 2. The SMILES string of the molecule is C1=CC(n2c(-c3ccc(-c4ccc5c(-c6cc(-c7ccccc7)cc(-c7ccccc7)c6)c6ccccc6c(-c6cc(-c7ccccc7)cc(-c7ccccc7)c6)c5c4)cc3)nc3ccccc32)=CCC1. The molecule has 71 heavy (non-hydrogen) atoms. The molecule has 0 radical (unpaired) electrons. The number of hydrogen-bond acceptors (Lipinski definition) is 1. The molecule has 0 aliphatic heterocycles. The maximum atomic E-state index is 5.21. The molecule has 0 N–H and O–H groups in total. The van der Waals surface area contributed by atoms with Crippen LogP contribution in [0.1, 0.15) is 12.8 Å². The highest BCUT2D eigenvalue weighted by Crippen LogP contribution is 2.48. The zero-order valence-corrected chi connectivity index (χ0v) is 39.2. The molecule has 2 heteroatoms. The molecule has 334 valence electrons. The molecular formula is C69H48N2. The first-order valence-electron chi connectivity index (χ1n) is 24.7. The number of fused-ring (bicyclic) bond motifs is 3. The van der Waals surface area contributed by atoms with Gasteiger partial charge in [-0.3, -0.25) is 4.57 Å². The normalized spacial score (nSPS) is 12.4. The summed E-state index contributed by atoms with van der Waals surface area (Å²) in [6, 6.07) is 91.1. The van der Waals surface area contributed by atoms with Crippen LogP contribution in [0, 0.1) is 0 Å². The van der Waals surface area contributed by atoms with Crippen molar-refractivity contribution < 1.29 is 0 Å². The lowest BCUT2D eigenvalue weighted by atomic mass is 9.82. The van der Waals surface area contributed by atoms with E-state index in [1.807, 2.05) is 0 Å². The summed E-state index contributed by atoms with van der Waals surface area (Å²) in [4.78, 5) is 5.21. The van der Waals surface area contributed by atoms with E-state index in [0.29, 0.717) is 0 Å². The average molecular weight is 905 g/mol. The van der Waals surface area contributed by atoms with Crippen molar-refractivity contribution in [1.82, 2.24) is 9.55 Å². The van der Waals surface area contributed by atoms with Crippen molar-refractivity contribution in [1.29, 1.82) is 0 Å². The van der Waals surface area contributed by atoms with Crippen LogP contribution in [0.15, 0.2) is 267 Å². The molecule has 0 fully saturated rings. The summed E-state index contributed by atoms with van der Waals surface area (Å²) in [5, 5.41) is 4.84. The zero-order valence-electron chi connectivity index (χ0n) is 39.2. The Balaban J connectivity index is 1.06. The van der Waals surface area contributed by atoms with Crippen molar-refractivity contribution in [2.45, 2.75) is 12.8 Å². The first-order valence-corrected chi connectivity index (χ1v) is 24.7. The van der Waals surface area contributed by atoms with E-state index >= 15 is 0 Å². The number of rotatable bonds is 9. The number of imidazole rings is 1. The molecule has 0 saturated carbocycles. The third-order valence-corrected chi connectivity index (χ3v) is 14.2. The first kappa shape index (κ1) is 42.0. The van der Waals surface area contributed by atoms with Gasteiger partial charge in [-0.15, -0.1) is 0 Å². The van der Waals surface area contributed by atoms with Gasteiger partial charge in [-0.25, -0.2) is 4.98 Å². The fourth-order valence-corrected chi connectivity index (χ4v) is 10.8. The summed E-state index contributed by atoms with van der Waals surface area (Å²) in [5.41, 5.74) is 21.0. The maximum Gasteiger partial charge on any atom is 0.145 e. The van der Waals surface area contributed by atoms with Crippen molar-refractivity contribution in [3.8, 4) is 89.3 Å². The van der Waals surface area contributed by atoms with Crippen LogP contribution in [0.5, 0.6) is 0 Å². The summed E-state index contributed by atoms with van der Waals surface area (Å²) in [5.74, 6) is 0.951. The Kier molecular flexibility index (Phi) is 10.7. The molecule has 0 spiro atoms. The predicted molar refractivity (Wildman–Crippen MR) is 301 cm³/mol. The lowest BCUT2D eigenvalue weighted by Crippen LogP contribution is -2.00. The van der Waals surface area contributed by atoms with Crippen molar-refractivity contribution in [3.05, 3.63) is 267 Å². The Morgan fingerprint density at radius 3 is 1.21 bits per heavy atom. The van der Waals surface area contributed by atoms with Gasteiger partial charge in [0.05, 0.1) is 11.0 Å². The molecule has 1 aliphatic rings. The molecule has 1 heterocycles. The molecule has 1 aliphatic carbocycles. The Labute approximate surface area is 414 Å². The van der Waals surface area contributed by atoms with Crippen molar-refractivity contribution >= 4 is 38.3 Å². The predicted octanol–water partition coefficient (Wildman–Crippen LogP) is 18.9. The van der Waals surface area contributed by atoms with Gasteiger partial charge in [-0.05, 0) is 173 Å². The van der Waals surface area contributed by atoms with E-state index < -0.39 is 0 Å². The molecule has 2 nitrogen and oxygen atoms in total. The highest BCUT2D eigenvalue weighted by Gasteiger charge is 2.21. The van der Waals surface area contributed by atoms with Crippen LogP contribution in [0.4, 0.5) is 0 Å². The van der Waals surface area contributed by atoms with Crippen molar-refractivity contribution in [2.24, 2.45) is 0 Å². The fourth-order valence-electron chi connectivity index (χ4n) is 10.8. The lowest BCUT2D eigenvalue weighted by Gasteiger charge is -2.21. The van der Waals surface area contributed by atoms with E-state index in [-0.39, 0.29) is 0 Å². The number of aromatic nitrogens is 2. The number of benzene rings is 11. The van der Waals surface area contributed by atoms with Crippen LogP contribution < -0.4 is 0 Å². The molecule has 0 amide bonds. The molecule has 0 saturated heterocycles. The van der Waals surface area contributed by atoms with E-state index in [0.717, 1.165) is 46.4 Å². The quantitative estimate of drug-likeness (QED) is 0.132. The standard InChI is InChI=1S/C69H48N2/c1-6-20-47(21-7-1)54-40-55(48-22-8-2-9-23-48)43-58(42-54)67-61-30-16-17-31-62(61)68(59-44-56(49-24-10-3-11-25-49)41-57(45-59)50-26-12-4-13-27-50)64-46-53(38-39-63(64)67)51-34-36-52(37-35-51)69-70-65-32-18-19-33-66(65)71(69)60-28-14-5-15-29-60/h1-4,6-14,16-46H,5,15H2. The minimum atomic E-state index is 0.951. The highest BCUT2D eigenvalue weighted by molar-refractivity contribution is 6.22. The summed E-state index contributed by atoms with van der Waals surface area (Å²) < 4.78 is 2.32. The average Bonchev–Trinajstić information content (AvgIpc) is 3.85. The minimum Gasteiger partial charge on any atom is -0.293 e. The van der Waals surface area contributed by atoms with Gasteiger partial charge in [0.15, 0.2) is 0 Å². The first-order chi connectivity index (χ1) is 35.2. The summed E-state index contributed by atoms with van der Waals surface area (Å²) >= 11 is 0. The second-order valence-electron chi connectivity index (χ2n) is 18.6. The summed E-state index contributed by atoms with van der Waals surface area (Å²) in [7, 11) is 0. The molecular weight excluding hydrogens is 857 g/mol. The van der Waals surface area contributed by atoms with E-state index in [2.05, 4.69) is 272 Å². The maximum absolute atomic E-state index is 5.21. The minimum absolute atomic E-state index is 0.951. The molecule has 1 aromatic heterocycles. The van der Waals surface area contributed by atoms with Gasteiger partial charge >= 0.3 is 0 Å². The topological polar surface area (TPSA) is 17.8 Å². The van der Waals surface area contributed by atoms with E-state index in [1.165, 1.54) is 94.0 Å². The molecule has 0 bridgehead atoms. The van der Waals surface area contributed by atoms with E-state index in [1.54, 1.807) is 0 Å². The lowest BCUT2D eigenvalue weighted by molar-refractivity contribution is 1.01. The van der Waals surface area contributed by atoms with Crippen molar-refractivity contribution in [3.63, 3.8) is 0 Å². The Hall–Kier alpha value is -9.11. The smallest absolute Gasteiger partial charge is 0.145 e. The second kappa shape index (κ2) is 18.1. The molecule has 13 rings (SSSR count). The third kappa shape index (κ3) is 7.86. The van der Waals surface area contributed by atoms with Gasteiger partial charge in [-0.2, -0.15) is 0 Å². The van der Waals surface area contributed by atoms with Gasteiger partial charge in [-0.1, -0.05) is 206 Å². The van der Waals surface area contributed by atoms with Gasteiger partial charge in [0, 0.05) is 11.3 Å². The van der Waals surface area contributed by atoms with Crippen LogP contribution in [0.2, 0.25) is 0 Å². The number of hydrogen-bond donors (Lipinski definition) is 0. The van der Waals surface area contributed by atoms with Gasteiger partial charge in [0.2, 0.25) is 0 Å².